The molecule has 0 radical (unpaired) electrons. The van der Waals surface area contributed by atoms with Gasteiger partial charge in [0.2, 0.25) is 0 Å². The molecule has 0 heterocycles. The number of carboxylic acid groups (broad SMARTS) is 2. The number of carboxylic acids is 2. The van der Waals surface area contributed by atoms with E-state index >= 15 is 0 Å². The Hall–Kier alpha value is -1.14. The number of rotatable bonds is 12. The van der Waals surface area contributed by atoms with Gasteiger partial charge in [-0.1, -0.05) is 24.3 Å². The number of hydrogen-bond acceptors (Lipinski definition) is 4. The van der Waals surface area contributed by atoms with E-state index in [0.29, 0.717) is 12.8 Å². The van der Waals surface area contributed by atoms with Crippen LogP contribution < -0.4 is 0 Å². The van der Waals surface area contributed by atoms with Crippen LogP contribution in [0.15, 0.2) is 24.3 Å². The van der Waals surface area contributed by atoms with Gasteiger partial charge in [-0.2, -0.15) is 23.5 Å². The molecule has 4 nitrogen and oxygen atoms in total. The van der Waals surface area contributed by atoms with Gasteiger partial charge in [0.05, 0.1) is 10.8 Å². The third-order valence-corrected chi connectivity index (χ3v) is 6.52. The summed E-state index contributed by atoms with van der Waals surface area (Å²) < 4.78 is 0. The summed E-state index contributed by atoms with van der Waals surface area (Å²) in [6.45, 7) is 7.06. The zero-order chi connectivity index (χ0) is 19.8. The van der Waals surface area contributed by atoms with Crippen molar-refractivity contribution in [2.45, 2.75) is 52.0 Å². The summed E-state index contributed by atoms with van der Waals surface area (Å²) in [6.07, 6.45) is 1.32. The Morgan fingerprint density at radius 1 is 0.769 bits per heavy atom. The molecular weight excluding hydrogens is 368 g/mol. The summed E-state index contributed by atoms with van der Waals surface area (Å²) in [5, 5.41) is 18.2. The highest BCUT2D eigenvalue weighted by atomic mass is 32.2. The van der Waals surface area contributed by atoms with Crippen LogP contribution in [-0.2, 0) is 21.1 Å². The summed E-state index contributed by atoms with van der Waals surface area (Å²) >= 11 is 3.52. The van der Waals surface area contributed by atoms with E-state index in [-0.39, 0.29) is 0 Å². The average Bonchev–Trinajstić information content (AvgIpc) is 2.56. The molecule has 0 spiro atoms. The van der Waals surface area contributed by atoms with E-state index in [9.17, 15) is 9.59 Å². The lowest BCUT2D eigenvalue weighted by molar-refractivity contribution is -0.147. The minimum absolute atomic E-state index is 0.661. The van der Waals surface area contributed by atoms with Crippen molar-refractivity contribution in [1.82, 2.24) is 0 Å². The molecule has 0 bridgehead atoms. The van der Waals surface area contributed by atoms with Crippen LogP contribution in [0.4, 0.5) is 0 Å². The van der Waals surface area contributed by atoms with Crippen LogP contribution in [0.3, 0.4) is 0 Å². The van der Waals surface area contributed by atoms with Gasteiger partial charge in [0, 0.05) is 11.5 Å². The summed E-state index contributed by atoms with van der Waals surface area (Å²) in [6, 6.07) is 8.47. The first-order valence-electron chi connectivity index (χ1n) is 8.75. The van der Waals surface area contributed by atoms with E-state index in [2.05, 4.69) is 24.3 Å². The Bertz CT molecular complexity index is 541. The lowest BCUT2D eigenvalue weighted by Gasteiger charge is -2.18. The Morgan fingerprint density at radius 3 is 1.35 bits per heavy atom. The van der Waals surface area contributed by atoms with E-state index in [4.69, 9.17) is 10.2 Å². The van der Waals surface area contributed by atoms with Gasteiger partial charge in [0.15, 0.2) is 0 Å². The summed E-state index contributed by atoms with van der Waals surface area (Å²) in [5.41, 5.74) is 1.15. The van der Waals surface area contributed by atoms with Gasteiger partial charge in [0.1, 0.15) is 0 Å². The Balaban J connectivity index is 2.29. The number of carbonyl (C=O) groups is 2. The Labute approximate surface area is 165 Å². The highest BCUT2D eigenvalue weighted by Gasteiger charge is 2.26. The second-order valence-electron chi connectivity index (χ2n) is 7.80. The lowest BCUT2D eigenvalue weighted by atomic mass is 9.91. The minimum atomic E-state index is -0.744. The van der Waals surface area contributed by atoms with Crippen molar-refractivity contribution in [1.29, 1.82) is 0 Å². The van der Waals surface area contributed by atoms with E-state index in [0.717, 1.165) is 23.0 Å². The Kier molecular flexibility index (Phi) is 9.04. The van der Waals surface area contributed by atoms with E-state index in [1.54, 1.807) is 51.2 Å². The summed E-state index contributed by atoms with van der Waals surface area (Å²) in [5.74, 6) is 1.94. The molecule has 26 heavy (non-hydrogen) atoms. The normalized spacial score (nSPS) is 12.2. The predicted octanol–water partition coefficient (Wildman–Crippen LogP) is 5.15. The molecule has 2 N–H and O–H groups in total. The van der Waals surface area contributed by atoms with E-state index in [1.165, 1.54) is 11.1 Å². The molecule has 0 aliphatic carbocycles. The topological polar surface area (TPSA) is 74.6 Å². The monoisotopic (exact) mass is 398 g/mol. The third-order valence-electron chi connectivity index (χ3n) is 4.46. The van der Waals surface area contributed by atoms with E-state index < -0.39 is 22.8 Å². The SMILES string of the molecule is CC(C)(CCSCc1ccc(CSCCC(C)(C)C(=O)O)cc1)C(=O)O. The van der Waals surface area contributed by atoms with Crippen LogP contribution in [0.25, 0.3) is 0 Å². The summed E-state index contributed by atoms with van der Waals surface area (Å²) in [7, 11) is 0. The summed E-state index contributed by atoms with van der Waals surface area (Å²) in [4.78, 5) is 22.2. The zero-order valence-electron chi connectivity index (χ0n) is 16.1. The smallest absolute Gasteiger partial charge is 0.309 e. The molecule has 1 aromatic rings. The lowest BCUT2D eigenvalue weighted by Crippen LogP contribution is -2.24. The van der Waals surface area contributed by atoms with Crippen LogP contribution in [0.5, 0.6) is 0 Å². The third kappa shape index (κ3) is 8.04. The maximum Gasteiger partial charge on any atom is 0.309 e. The molecule has 0 saturated heterocycles. The molecule has 146 valence electrons. The molecule has 0 amide bonds. The van der Waals surface area contributed by atoms with Crippen molar-refractivity contribution < 1.29 is 19.8 Å². The number of aliphatic carboxylic acids is 2. The second-order valence-corrected chi connectivity index (χ2v) is 10.0. The first-order chi connectivity index (χ1) is 12.0. The van der Waals surface area contributed by atoms with Gasteiger partial charge < -0.3 is 10.2 Å². The fourth-order valence-corrected chi connectivity index (χ4v) is 4.43. The van der Waals surface area contributed by atoms with Crippen LogP contribution in [-0.4, -0.2) is 33.7 Å². The van der Waals surface area contributed by atoms with Crippen molar-refractivity contribution in [3.63, 3.8) is 0 Å². The van der Waals surface area contributed by atoms with E-state index in [1.807, 2.05) is 0 Å². The fourth-order valence-electron chi connectivity index (χ4n) is 1.98. The fraction of sp³-hybridized carbons (Fsp3) is 0.600. The second kappa shape index (κ2) is 10.3. The number of thioether (sulfide) groups is 2. The van der Waals surface area contributed by atoms with Crippen molar-refractivity contribution in [3.05, 3.63) is 35.4 Å². The molecule has 0 saturated carbocycles. The molecule has 1 rings (SSSR count). The molecule has 0 aliphatic rings. The maximum atomic E-state index is 11.1. The van der Waals surface area contributed by atoms with Gasteiger partial charge >= 0.3 is 11.9 Å². The molecule has 0 aromatic heterocycles. The highest BCUT2D eigenvalue weighted by molar-refractivity contribution is 7.98. The largest absolute Gasteiger partial charge is 0.481 e. The molecular formula is C20H30O4S2. The van der Waals surface area contributed by atoms with Crippen molar-refractivity contribution in [2.75, 3.05) is 11.5 Å². The molecule has 0 aliphatic heterocycles. The standard InChI is InChI=1S/C20H30O4S2/c1-19(2,17(21)22)9-11-25-13-15-5-7-16(8-6-15)14-26-12-10-20(3,4)18(23)24/h5-8H,9-14H2,1-4H3,(H,21,22)(H,23,24). The van der Waals surface area contributed by atoms with Crippen LogP contribution in [0.1, 0.15) is 51.7 Å². The first-order valence-corrected chi connectivity index (χ1v) is 11.1. The highest BCUT2D eigenvalue weighted by Crippen LogP contribution is 2.26. The van der Waals surface area contributed by atoms with Gasteiger partial charge in [-0.15, -0.1) is 0 Å². The molecule has 6 heteroatoms. The molecule has 1 aromatic carbocycles. The Morgan fingerprint density at radius 2 is 1.08 bits per heavy atom. The van der Waals surface area contributed by atoms with Gasteiger partial charge in [-0.05, 0) is 63.2 Å². The number of benzene rings is 1. The quantitative estimate of drug-likeness (QED) is 0.474. The molecule has 0 unspecified atom stereocenters. The molecule has 0 fully saturated rings. The first kappa shape index (κ1) is 22.9. The average molecular weight is 399 g/mol. The van der Waals surface area contributed by atoms with Crippen molar-refractivity contribution in [3.8, 4) is 0 Å². The van der Waals surface area contributed by atoms with Gasteiger partial charge in [0.25, 0.3) is 0 Å². The van der Waals surface area contributed by atoms with Crippen LogP contribution >= 0.6 is 23.5 Å². The van der Waals surface area contributed by atoms with Crippen molar-refractivity contribution in [2.24, 2.45) is 10.8 Å². The van der Waals surface area contributed by atoms with Crippen LogP contribution in [0, 0.1) is 10.8 Å². The van der Waals surface area contributed by atoms with Crippen LogP contribution in [0.2, 0.25) is 0 Å². The van der Waals surface area contributed by atoms with Crippen molar-refractivity contribution >= 4 is 35.5 Å². The maximum absolute atomic E-state index is 11.1. The molecule has 0 atom stereocenters. The van der Waals surface area contributed by atoms with Gasteiger partial charge in [-0.25, -0.2) is 0 Å². The predicted molar refractivity (Wildman–Crippen MR) is 111 cm³/mol. The van der Waals surface area contributed by atoms with Gasteiger partial charge in [-0.3, -0.25) is 9.59 Å². The number of hydrogen-bond donors (Lipinski definition) is 2. The minimum Gasteiger partial charge on any atom is -0.481 e. The zero-order valence-corrected chi connectivity index (χ0v) is 17.7.